The molecular formula is C14H16N4. The molecule has 1 aliphatic rings. The monoisotopic (exact) mass is 240 g/mol. The number of aryl methyl sites for hydroxylation is 1. The molecule has 0 bridgehead atoms. The van der Waals surface area contributed by atoms with Crippen LogP contribution < -0.4 is 5.32 Å². The van der Waals surface area contributed by atoms with Crippen LogP contribution in [0, 0.1) is 17.2 Å². The van der Waals surface area contributed by atoms with E-state index in [-0.39, 0.29) is 0 Å². The van der Waals surface area contributed by atoms with Crippen molar-refractivity contribution in [3.63, 3.8) is 0 Å². The zero-order valence-electron chi connectivity index (χ0n) is 10.3. The van der Waals surface area contributed by atoms with Gasteiger partial charge in [-0.05, 0) is 37.6 Å². The molecule has 1 N–H and O–H groups in total. The number of rotatable bonds is 4. The van der Waals surface area contributed by atoms with Gasteiger partial charge in [0.05, 0.1) is 23.5 Å². The summed E-state index contributed by atoms with van der Waals surface area (Å²) in [6.07, 6.45) is 1.55. The third-order valence-corrected chi connectivity index (χ3v) is 3.60. The van der Waals surface area contributed by atoms with E-state index in [2.05, 4.69) is 27.0 Å². The normalized spacial score (nSPS) is 15.5. The minimum atomic E-state index is 0.387. The van der Waals surface area contributed by atoms with E-state index in [0.29, 0.717) is 6.42 Å². The topological polar surface area (TPSA) is 53.6 Å². The second-order valence-electron chi connectivity index (χ2n) is 4.82. The highest BCUT2D eigenvalue weighted by atomic mass is 15.1. The third kappa shape index (κ3) is 1.98. The average molecular weight is 240 g/mol. The smallest absolute Gasteiger partial charge is 0.124 e. The second-order valence-corrected chi connectivity index (χ2v) is 4.82. The van der Waals surface area contributed by atoms with Gasteiger partial charge in [-0.15, -0.1) is 0 Å². The zero-order chi connectivity index (χ0) is 12.4. The average Bonchev–Trinajstić information content (AvgIpc) is 2.66. The van der Waals surface area contributed by atoms with E-state index in [4.69, 9.17) is 5.26 Å². The highest BCUT2D eigenvalue weighted by Crippen LogP contribution is 2.19. The first-order chi connectivity index (χ1) is 8.88. The van der Waals surface area contributed by atoms with Crippen LogP contribution in [0.15, 0.2) is 24.3 Å². The maximum Gasteiger partial charge on any atom is 0.124 e. The highest BCUT2D eigenvalue weighted by Gasteiger charge is 2.18. The fraction of sp³-hybridized carbons (Fsp3) is 0.429. The van der Waals surface area contributed by atoms with Crippen LogP contribution in [0.4, 0.5) is 0 Å². The van der Waals surface area contributed by atoms with Crippen molar-refractivity contribution in [2.75, 3.05) is 13.1 Å². The highest BCUT2D eigenvalue weighted by molar-refractivity contribution is 5.75. The van der Waals surface area contributed by atoms with Crippen molar-refractivity contribution in [1.29, 1.82) is 5.26 Å². The van der Waals surface area contributed by atoms with Crippen LogP contribution in [0.3, 0.4) is 0 Å². The minimum Gasteiger partial charge on any atom is -0.327 e. The first kappa shape index (κ1) is 11.2. The van der Waals surface area contributed by atoms with Gasteiger partial charge in [-0.3, -0.25) is 0 Å². The summed E-state index contributed by atoms with van der Waals surface area (Å²) in [5.41, 5.74) is 2.14. The molecule has 2 aromatic rings. The molecule has 0 amide bonds. The van der Waals surface area contributed by atoms with Gasteiger partial charge in [0.15, 0.2) is 0 Å². The van der Waals surface area contributed by atoms with Crippen LogP contribution in [-0.2, 0) is 13.0 Å². The molecule has 4 heteroatoms. The molecule has 4 nitrogen and oxygen atoms in total. The molecular weight excluding hydrogens is 224 g/mol. The van der Waals surface area contributed by atoms with Crippen LogP contribution in [0.2, 0.25) is 0 Å². The molecule has 0 atom stereocenters. The van der Waals surface area contributed by atoms with E-state index in [1.165, 1.54) is 0 Å². The van der Waals surface area contributed by atoms with Crippen LogP contribution in [-0.4, -0.2) is 22.6 Å². The Bertz CT molecular complexity index is 589. The first-order valence-electron chi connectivity index (χ1n) is 6.40. The van der Waals surface area contributed by atoms with Gasteiger partial charge in [0, 0.05) is 6.54 Å². The van der Waals surface area contributed by atoms with Crippen molar-refractivity contribution in [2.24, 2.45) is 5.92 Å². The quantitative estimate of drug-likeness (QED) is 0.885. The number of para-hydroxylation sites is 2. The number of nitrogens with zero attached hydrogens (tertiary/aromatic N) is 3. The summed E-state index contributed by atoms with van der Waals surface area (Å²) in [6.45, 7) is 3.21. The number of fused-ring (bicyclic) bond motifs is 1. The lowest BCUT2D eigenvalue weighted by molar-refractivity contribution is 0.312. The summed E-state index contributed by atoms with van der Waals surface area (Å²) < 4.78 is 2.21. The van der Waals surface area contributed by atoms with E-state index in [9.17, 15) is 0 Å². The Hall–Kier alpha value is -1.86. The molecule has 18 heavy (non-hydrogen) atoms. The van der Waals surface area contributed by atoms with E-state index >= 15 is 0 Å². The Morgan fingerprint density at radius 3 is 2.94 bits per heavy atom. The van der Waals surface area contributed by atoms with E-state index in [1.807, 2.05) is 18.2 Å². The SMILES string of the molecule is N#CCc1nc2ccccc2n1CCC1CNC1. The predicted octanol–water partition coefficient (Wildman–Crippen LogP) is 1.71. The molecule has 2 heterocycles. The van der Waals surface area contributed by atoms with Crippen molar-refractivity contribution in [2.45, 2.75) is 19.4 Å². The van der Waals surface area contributed by atoms with E-state index < -0.39 is 0 Å². The van der Waals surface area contributed by atoms with Crippen molar-refractivity contribution in [3.8, 4) is 6.07 Å². The Morgan fingerprint density at radius 1 is 1.39 bits per heavy atom. The van der Waals surface area contributed by atoms with Gasteiger partial charge >= 0.3 is 0 Å². The van der Waals surface area contributed by atoms with Gasteiger partial charge in [0.25, 0.3) is 0 Å². The lowest BCUT2D eigenvalue weighted by Crippen LogP contribution is -2.42. The summed E-state index contributed by atoms with van der Waals surface area (Å²) in [4.78, 5) is 4.55. The molecule has 1 aliphatic heterocycles. The number of hydrogen-bond donors (Lipinski definition) is 1. The molecule has 0 radical (unpaired) electrons. The van der Waals surface area contributed by atoms with Crippen molar-refractivity contribution in [1.82, 2.24) is 14.9 Å². The molecule has 1 aromatic heterocycles. The largest absolute Gasteiger partial charge is 0.327 e. The van der Waals surface area contributed by atoms with Gasteiger partial charge < -0.3 is 9.88 Å². The molecule has 0 unspecified atom stereocenters. The lowest BCUT2D eigenvalue weighted by Gasteiger charge is -2.27. The summed E-state index contributed by atoms with van der Waals surface area (Å²) in [7, 11) is 0. The van der Waals surface area contributed by atoms with Crippen molar-refractivity contribution < 1.29 is 0 Å². The molecule has 1 aromatic carbocycles. The Morgan fingerprint density at radius 2 is 2.22 bits per heavy atom. The maximum absolute atomic E-state index is 8.89. The Balaban J connectivity index is 1.90. The van der Waals surface area contributed by atoms with Crippen LogP contribution in [0.5, 0.6) is 0 Å². The summed E-state index contributed by atoms with van der Waals surface area (Å²) in [6, 6.07) is 10.3. The van der Waals surface area contributed by atoms with E-state index in [1.54, 1.807) is 0 Å². The number of imidazole rings is 1. The summed E-state index contributed by atoms with van der Waals surface area (Å²) >= 11 is 0. The Kier molecular flexibility index (Phi) is 2.99. The van der Waals surface area contributed by atoms with Gasteiger partial charge in [0.2, 0.25) is 0 Å². The molecule has 92 valence electrons. The lowest BCUT2D eigenvalue weighted by atomic mass is 9.99. The second kappa shape index (κ2) is 4.79. The standard InChI is InChI=1S/C14H16N4/c15-7-5-14-17-12-3-1-2-4-13(12)18(14)8-6-11-9-16-10-11/h1-4,11,16H,5-6,8-10H2. The fourth-order valence-electron chi connectivity index (χ4n) is 2.44. The Labute approximate surface area is 106 Å². The molecule has 3 rings (SSSR count). The zero-order valence-corrected chi connectivity index (χ0v) is 10.3. The predicted molar refractivity (Wildman–Crippen MR) is 70.0 cm³/mol. The van der Waals surface area contributed by atoms with Crippen molar-refractivity contribution in [3.05, 3.63) is 30.1 Å². The van der Waals surface area contributed by atoms with Crippen LogP contribution >= 0.6 is 0 Å². The third-order valence-electron chi connectivity index (χ3n) is 3.60. The number of benzene rings is 1. The summed E-state index contributed by atoms with van der Waals surface area (Å²) in [5, 5.41) is 12.2. The van der Waals surface area contributed by atoms with Crippen LogP contribution in [0.25, 0.3) is 11.0 Å². The number of aromatic nitrogens is 2. The van der Waals surface area contributed by atoms with Crippen LogP contribution in [0.1, 0.15) is 12.2 Å². The number of nitrogens with one attached hydrogen (secondary N) is 1. The molecule has 1 fully saturated rings. The van der Waals surface area contributed by atoms with Gasteiger partial charge in [-0.2, -0.15) is 5.26 Å². The fourth-order valence-corrected chi connectivity index (χ4v) is 2.44. The maximum atomic E-state index is 8.89. The van der Waals surface area contributed by atoms with Gasteiger partial charge in [0.1, 0.15) is 5.82 Å². The van der Waals surface area contributed by atoms with Crippen molar-refractivity contribution >= 4 is 11.0 Å². The van der Waals surface area contributed by atoms with E-state index in [0.717, 1.165) is 48.8 Å². The number of nitriles is 1. The molecule has 0 spiro atoms. The first-order valence-corrected chi connectivity index (χ1v) is 6.40. The number of hydrogen-bond acceptors (Lipinski definition) is 3. The minimum absolute atomic E-state index is 0.387. The van der Waals surface area contributed by atoms with Gasteiger partial charge in [-0.1, -0.05) is 12.1 Å². The molecule has 0 aliphatic carbocycles. The summed E-state index contributed by atoms with van der Waals surface area (Å²) in [5.74, 6) is 1.67. The molecule has 0 saturated carbocycles. The molecule has 1 saturated heterocycles. The van der Waals surface area contributed by atoms with Gasteiger partial charge in [-0.25, -0.2) is 4.98 Å².